The van der Waals surface area contributed by atoms with Crippen molar-refractivity contribution in [3.63, 3.8) is 0 Å². The smallest absolute Gasteiger partial charge is 0.408 e. The summed E-state index contributed by atoms with van der Waals surface area (Å²) in [7, 11) is -2.20. The van der Waals surface area contributed by atoms with Crippen molar-refractivity contribution >= 4 is 13.7 Å². The fourth-order valence-corrected chi connectivity index (χ4v) is 3.57. The van der Waals surface area contributed by atoms with Crippen LogP contribution in [0.15, 0.2) is 30.3 Å². The number of nitrogens with one attached hydrogen (secondary N) is 1. The molecule has 0 spiro atoms. The van der Waals surface area contributed by atoms with E-state index in [-0.39, 0.29) is 6.61 Å². The van der Waals surface area contributed by atoms with Gasteiger partial charge in [0.2, 0.25) is 0 Å². The third kappa shape index (κ3) is 6.73. The molecule has 1 rings (SSSR count). The van der Waals surface area contributed by atoms with Crippen molar-refractivity contribution in [3.8, 4) is 0 Å². The Hall–Kier alpha value is -1.36. The second-order valence-corrected chi connectivity index (χ2v) is 8.32. The van der Waals surface area contributed by atoms with Crippen LogP contribution in [0.5, 0.6) is 0 Å². The monoisotopic (exact) mass is 343 g/mol. The van der Waals surface area contributed by atoms with E-state index in [1.54, 1.807) is 27.7 Å². The number of amides is 1. The van der Waals surface area contributed by atoms with Crippen LogP contribution in [0.2, 0.25) is 0 Å². The lowest BCUT2D eigenvalue weighted by molar-refractivity contribution is 0.0510. The largest absolute Gasteiger partial charge is 0.444 e. The zero-order chi connectivity index (χ0) is 17.5. The molecule has 7 heteroatoms. The zero-order valence-electron chi connectivity index (χ0n) is 14.4. The van der Waals surface area contributed by atoms with Gasteiger partial charge in [0.15, 0.2) is 0 Å². The number of carbonyl (C=O) groups excluding carboxylic acids is 1. The fourth-order valence-electron chi connectivity index (χ4n) is 1.97. The highest BCUT2D eigenvalue weighted by Crippen LogP contribution is 2.52. The van der Waals surface area contributed by atoms with Crippen LogP contribution in [-0.4, -0.2) is 31.2 Å². The average Bonchev–Trinajstić information content (AvgIpc) is 2.46. The Morgan fingerprint density at radius 3 is 2.35 bits per heavy atom. The molecule has 130 valence electrons. The van der Waals surface area contributed by atoms with Gasteiger partial charge in [-0.2, -0.15) is 0 Å². The molecule has 0 saturated carbocycles. The molecule has 0 bridgehead atoms. The van der Waals surface area contributed by atoms with Crippen molar-refractivity contribution in [1.29, 1.82) is 0 Å². The van der Waals surface area contributed by atoms with Gasteiger partial charge in [-0.05, 0) is 33.3 Å². The first kappa shape index (κ1) is 19.7. The van der Waals surface area contributed by atoms with Crippen LogP contribution < -0.4 is 5.32 Å². The SMILES string of the molecule is CCOP(=O)(OC)C(Cc1ccccc1)NC(=O)OC(C)(C)C. The van der Waals surface area contributed by atoms with Crippen molar-refractivity contribution < 1.29 is 23.1 Å². The molecule has 0 fully saturated rings. The third-order valence-corrected chi connectivity index (χ3v) is 5.10. The molecule has 0 saturated heterocycles. The fraction of sp³-hybridized carbons (Fsp3) is 0.562. The van der Waals surface area contributed by atoms with E-state index in [2.05, 4.69) is 5.32 Å². The first-order valence-electron chi connectivity index (χ1n) is 7.53. The molecule has 1 aromatic carbocycles. The maximum absolute atomic E-state index is 12.9. The molecule has 0 radical (unpaired) electrons. The van der Waals surface area contributed by atoms with Crippen LogP contribution in [0, 0.1) is 0 Å². The summed E-state index contributed by atoms with van der Waals surface area (Å²) in [5.41, 5.74) is 0.259. The van der Waals surface area contributed by atoms with Gasteiger partial charge in [-0.3, -0.25) is 4.57 Å². The minimum atomic E-state index is -3.51. The number of rotatable bonds is 7. The van der Waals surface area contributed by atoms with Crippen LogP contribution in [0.4, 0.5) is 4.79 Å². The molecule has 0 heterocycles. The zero-order valence-corrected chi connectivity index (χ0v) is 15.3. The number of hydrogen-bond donors (Lipinski definition) is 1. The van der Waals surface area contributed by atoms with Crippen molar-refractivity contribution in [1.82, 2.24) is 5.32 Å². The predicted octanol–water partition coefficient (Wildman–Crippen LogP) is 3.96. The topological polar surface area (TPSA) is 73.9 Å². The molecule has 2 unspecified atom stereocenters. The molecule has 23 heavy (non-hydrogen) atoms. The molecule has 1 N–H and O–H groups in total. The standard InChI is InChI=1S/C16H26NO5P/c1-6-21-23(19,20-5)14(12-13-10-8-7-9-11-13)17-15(18)22-16(2,3)4/h7-11,14H,6,12H2,1-5H3,(H,17,18). The summed E-state index contributed by atoms with van der Waals surface area (Å²) in [6.07, 6.45) is -0.346. The van der Waals surface area contributed by atoms with Crippen molar-refractivity contribution in [3.05, 3.63) is 35.9 Å². The van der Waals surface area contributed by atoms with E-state index < -0.39 is 25.1 Å². The highest BCUT2D eigenvalue weighted by molar-refractivity contribution is 7.54. The van der Waals surface area contributed by atoms with Crippen LogP contribution in [0.1, 0.15) is 33.3 Å². The van der Waals surface area contributed by atoms with Gasteiger partial charge in [-0.15, -0.1) is 0 Å². The van der Waals surface area contributed by atoms with Gasteiger partial charge in [-0.25, -0.2) is 4.79 Å². The van der Waals surface area contributed by atoms with Crippen molar-refractivity contribution in [2.45, 2.75) is 45.5 Å². The second-order valence-electron chi connectivity index (χ2n) is 5.99. The molecule has 1 amide bonds. The maximum atomic E-state index is 12.9. The summed E-state index contributed by atoms with van der Waals surface area (Å²) in [4.78, 5) is 12.1. The second kappa shape index (κ2) is 8.48. The van der Waals surface area contributed by atoms with E-state index in [0.717, 1.165) is 5.56 Å². The first-order chi connectivity index (χ1) is 10.7. The quantitative estimate of drug-likeness (QED) is 0.759. The summed E-state index contributed by atoms with van der Waals surface area (Å²) < 4.78 is 28.5. The van der Waals surface area contributed by atoms with E-state index in [4.69, 9.17) is 13.8 Å². The number of ether oxygens (including phenoxy) is 1. The minimum absolute atomic E-state index is 0.215. The molecule has 0 aliphatic rings. The number of carbonyl (C=O) groups is 1. The van der Waals surface area contributed by atoms with E-state index in [1.165, 1.54) is 7.11 Å². The van der Waals surface area contributed by atoms with E-state index in [0.29, 0.717) is 6.42 Å². The predicted molar refractivity (Wildman–Crippen MR) is 89.5 cm³/mol. The Balaban J connectivity index is 2.96. The molecule has 6 nitrogen and oxygen atoms in total. The van der Waals surface area contributed by atoms with E-state index in [9.17, 15) is 9.36 Å². The lowest BCUT2D eigenvalue weighted by atomic mass is 10.1. The number of hydrogen-bond acceptors (Lipinski definition) is 5. The highest BCUT2D eigenvalue weighted by atomic mass is 31.2. The van der Waals surface area contributed by atoms with Crippen LogP contribution in [0.3, 0.4) is 0 Å². The van der Waals surface area contributed by atoms with Crippen LogP contribution in [0.25, 0.3) is 0 Å². The summed E-state index contributed by atoms with van der Waals surface area (Å²) in [5, 5.41) is 2.62. The van der Waals surface area contributed by atoms with Crippen molar-refractivity contribution in [2.75, 3.05) is 13.7 Å². The number of alkyl carbamates (subject to hydrolysis) is 1. The summed E-state index contributed by atoms with van der Waals surface area (Å²) >= 11 is 0. The van der Waals surface area contributed by atoms with Gasteiger partial charge in [0.25, 0.3) is 0 Å². The Labute approximate surface area is 138 Å². The van der Waals surface area contributed by atoms with Gasteiger partial charge in [-0.1, -0.05) is 30.3 Å². The van der Waals surface area contributed by atoms with Gasteiger partial charge in [0.1, 0.15) is 11.4 Å². The Bertz CT molecular complexity index is 541. The van der Waals surface area contributed by atoms with Gasteiger partial charge >= 0.3 is 13.7 Å². The average molecular weight is 343 g/mol. The molecule has 2 atom stereocenters. The molecule has 1 aromatic rings. The van der Waals surface area contributed by atoms with E-state index in [1.807, 2.05) is 30.3 Å². The molecular weight excluding hydrogens is 317 g/mol. The summed E-state index contributed by atoms with van der Waals surface area (Å²) in [5.74, 6) is -0.829. The minimum Gasteiger partial charge on any atom is -0.444 e. The normalized spacial score (nSPS) is 15.5. The molecule has 0 aliphatic carbocycles. The first-order valence-corrected chi connectivity index (χ1v) is 9.15. The summed E-state index contributed by atoms with van der Waals surface area (Å²) in [6.45, 7) is 7.22. The highest BCUT2D eigenvalue weighted by Gasteiger charge is 2.37. The lowest BCUT2D eigenvalue weighted by Gasteiger charge is -2.28. The third-order valence-electron chi connectivity index (χ3n) is 2.90. The Morgan fingerprint density at radius 2 is 1.87 bits per heavy atom. The number of benzene rings is 1. The molecule has 0 aromatic heterocycles. The van der Waals surface area contributed by atoms with Gasteiger partial charge in [0, 0.05) is 13.5 Å². The van der Waals surface area contributed by atoms with Crippen molar-refractivity contribution in [2.24, 2.45) is 0 Å². The Kier molecular flexibility index (Phi) is 7.26. The molecule has 0 aliphatic heterocycles. The molecular formula is C16H26NO5P. The van der Waals surface area contributed by atoms with Gasteiger partial charge < -0.3 is 19.1 Å². The maximum Gasteiger partial charge on any atom is 0.408 e. The van der Waals surface area contributed by atoms with Crippen LogP contribution >= 0.6 is 7.60 Å². The lowest BCUT2D eigenvalue weighted by Crippen LogP contribution is -2.40. The summed E-state index contributed by atoms with van der Waals surface area (Å²) in [6, 6.07) is 9.40. The van der Waals surface area contributed by atoms with Gasteiger partial charge in [0.05, 0.1) is 6.61 Å². The Morgan fingerprint density at radius 1 is 1.26 bits per heavy atom. The van der Waals surface area contributed by atoms with Crippen LogP contribution in [-0.2, 0) is 24.8 Å². The van der Waals surface area contributed by atoms with E-state index >= 15 is 0 Å².